The molecule has 0 aliphatic carbocycles. The summed E-state index contributed by atoms with van der Waals surface area (Å²) in [6.45, 7) is 6.48. The van der Waals surface area contributed by atoms with Crippen molar-refractivity contribution in [2.75, 3.05) is 5.32 Å². The normalized spacial score (nSPS) is 10.6. The lowest BCUT2D eigenvalue weighted by Gasteiger charge is -2.07. The molecule has 1 N–H and O–H groups in total. The van der Waals surface area contributed by atoms with E-state index in [0.717, 1.165) is 28.2 Å². The van der Waals surface area contributed by atoms with E-state index < -0.39 is 0 Å². The topological polar surface area (TPSA) is 46.9 Å². The zero-order valence-electron chi connectivity index (χ0n) is 14.2. The Morgan fingerprint density at radius 1 is 1.04 bits per heavy atom. The SMILES string of the molecule is Cc1cccc(NC(=O)c2c(C)nn(Cc3ccccc3)c2C)c1. The molecule has 24 heavy (non-hydrogen) atoms. The van der Waals surface area contributed by atoms with E-state index in [4.69, 9.17) is 0 Å². The number of amides is 1. The number of aryl methyl sites for hydroxylation is 2. The van der Waals surface area contributed by atoms with Crippen LogP contribution in [0.5, 0.6) is 0 Å². The van der Waals surface area contributed by atoms with Crippen LogP contribution in [0.3, 0.4) is 0 Å². The van der Waals surface area contributed by atoms with E-state index in [1.54, 1.807) is 0 Å². The number of benzene rings is 2. The Morgan fingerprint density at radius 2 is 1.79 bits per heavy atom. The third-order valence-corrected chi connectivity index (χ3v) is 4.06. The number of hydrogen-bond donors (Lipinski definition) is 1. The van der Waals surface area contributed by atoms with Crippen molar-refractivity contribution in [2.45, 2.75) is 27.3 Å². The fourth-order valence-corrected chi connectivity index (χ4v) is 2.85. The molecule has 0 atom stereocenters. The van der Waals surface area contributed by atoms with Crippen LogP contribution >= 0.6 is 0 Å². The molecule has 0 bridgehead atoms. The van der Waals surface area contributed by atoms with E-state index in [9.17, 15) is 4.79 Å². The van der Waals surface area contributed by atoms with Crippen molar-refractivity contribution in [3.63, 3.8) is 0 Å². The van der Waals surface area contributed by atoms with Crippen molar-refractivity contribution in [3.8, 4) is 0 Å². The molecule has 0 aliphatic rings. The summed E-state index contributed by atoms with van der Waals surface area (Å²) in [5.74, 6) is -0.116. The van der Waals surface area contributed by atoms with Crippen LogP contribution in [0, 0.1) is 20.8 Å². The highest BCUT2D eigenvalue weighted by Gasteiger charge is 2.18. The van der Waals surface area contributed by atoms with Gasteiger partial charge in [-0.15, -0.1) is 0 Å². The minimum atomic E-state index is -0.116. The molecular formula is C20H21N3O. The van der Waals surface area contributed by atoms with Crippen LogP contribution in [-0.2, 0) is 6.54 Å². The van der Waals surface area contributed by atoms with Crippen LogP contribution in [0.4, 0.5) is 5.69 Å². The van der Waals surface area contributed by atoms with Gasteiger partial charge in [-0.3, -0.25) is 9.48 Å². The van der Waals surface area contributed by atoms with Crippen molar-refractivity contribution in [2.24, 2.45) is 0 Å². The van der Waals surface area contributed by atoms with Gasteiger partial charge in [-0.1, -0.05) is 42.5 Å². The fraction of sp³-hybridized carbons (Fsp3) is 0.200. The minimum Gasteiger partial charge on any atom is -0.322 e. The second-order valence-electron chi connectivity index (χ2n) is 6.01. The minimum absolute atomic E-state index is 0.116. The van der Waals surface area contributed by atoms with Crippen molar-refractivity contribution in [1.29, 1.82) is 0 Å². The molecular weight excluding hydrogens is 298 g/mol. The Balaban J connectivity index is 1.84. The monoisotopic (exact) mass is 319 g/mol. The van der Waals surface area contributed by atoms with Gasteiger partial charge in [0.25, 0.3) is 5.91 Å². The first-order chi connectivity index (χ1) is 11.5. The molecule has 0 fully saturated rings. The van der Waals surface area contributed by atoms with Gasteiger partial charge in [0, 0.05) is 11.4 Å². The van der Waals surface area contributed by atoms with E-state index in [1.165, 1.54) is 0 Å². The Bertz CT molecular complexity index is 866. The average Bonchev–Trinajstić information content (AvgIpc) is 2.82. The Kier molecular flexibility index (Phi) is 4.47. The molecule has 0 saturated heterocycles. The fourth-order valence-electron chi connectivity index (χ4n) is 2.85. The smallest absolute Gasteiger partial charge is 0.259 e. The molecule has 122 valence electrons. The van der Waals surface area contributed by atoms with Crippen molar-refractivity contribution in [1.82, 2.24) is 9.78 Å². The molecule has 4 nitrogen and oxygen atoms in total. The number of rotatable bonds is 4. The molecule has 4 heteroatoms. The van der Waals surface area contributed by atoms with Gasteiger partial charge in [-0.2, -0.15) is 5.10 Å². The third kappa shape index (κ3) is 3.38. The zero-order chi connectivity index (χ0) is 17.1. The number of carbonyl (C=O) groups is 1. The highest BCUT2D eigenvalue weighted by molar-refractivity contribution is 6.05. The lowest BCUT2D eigenvalue weighted by atomic mass is 10.1. The van der Waals surface area contributed by atoms with Gasteiger partial charge in [0.05, 0.1) is 17.8 Å². The molecule has 0 unspecified atom stereocenters. The number of hydrogen-bond acceptors (Lipinski definition) is 2. The molecule has 1 heterocycles. The lowest BCUT2D eigenvalue weighted by molar-refractivity contribution is 0.102. The number of aromatic nitrogens is 2. The summed E-state index contributed by atoms with van der Waals surface area (Å²) >= 11 is 0. The maximum absolute atomic E-state index is 12.7. The van der Waals surface area contributed by atoms with E-state index in [1.807, 2.05) is 67.9 Å². The first kappa shape index (κ1) is 16.0. The largest absolute Gasteiger partial charge is 0.322 e. The molecule has 3 rings (SSSR count). The van der Waals surface area contributed by atoms with E-state index in [2.05, 4.69) is 22.5 Å². The summed E-state index contributed by atoms with van der Waals surface area (Å²) in [6.07, 6.45) is 0. The predicted molar refractivity (Wildman–Crippen MR) is 96.4 cm³/mol. The van der Waals surface area contributed by atoms with Crippen LogP contribution in [0.2, 0.25) is 0 Å². The second-order valence-corrected chi connectivity index (χ2v) is 6.01. The summed E-state index contributed by atoms with van der Waals surface area (Å²) in [4.78, 5) is 12.7. The first-order valence-corrected chi connectivity index (χ1v) is 8.00. The van der Waals surface area contributed by atoms with Crippen molar-refractivity contribution < 1.29 is 4.79 Å². The molecule has 2 aromatic carbocycles. The number of nitrogens with one attached hydrogen (secondary N) is 1. The second kappa shape index (κ2) is 6.71. The molecule has 0 aliphatic heterocycles. The zero-order valence-corrected chi connectivity index (χ0v) is 14.2. The molecule has 0 radical (unpaired) electrons. The van der Waals surface area contributed by atoms with E-state index in [-0.39, 0.29) is 5.91 Å². The van der Waals surface area contributed by atoms with Gasteiger partial charge in [-0.25, -0.2) is 0 Å². The van der Waals surface area contributed by atoms with Crippen LogP contribution in [0.15, 0.2) is 54.6 Å². The van der Waals surface area contributed by atoms with Crippen LogP contribution in [0.1, 0.15) is 32.9 Å². The molecule has 0 saturated carbocycles. The quantitative estimate of drug-likeness (QED) is 0.786. The summed E-state index contributed by atoms with van der Waals surface area (Å²) in [7, 11) is 0. The molecule has 0 spiro atoms. The Hall–Kier alpha value is -2.88. The van der Waals surface area contributed by atoms with Crippen LogP contribution < -0.4 is 5.32 Å². The predicted octanol–water partition coefficient (Wildman–Crippen LogP) is 4.11. The van der Waals surface area contributed by atoms with Gasteiger partial charge in [0.1, 0.15) is 0 Å². The molecule has 3 aromatic rings. The Labute approximate surface area is 142 Å². The van der Waals surface area contributed by atoms with Crippen molar-refractivity contribution >= 4 is 11.6 Å². The Morgan fingerprint density at radius 3 is 2.50 bits per heavy atom. The molecule has 1 amide bonds. The average molecular weight is 319 g/mol. The lowest BCUT2D eigenvalue weighted by Crippen LogP contribution is -2.14. The van der Waals surface area contributed by atoms with E-state index in [0.29, 0.717) is 12.1 Å². The van der Waals surface area contributed by atoms with Gasteiger partial charge in [0.15, 0.2) is 0 Å². The highest BCUT2D eigenvalue weighted by Crippen LogP contribution is 2.18. The number of nitrogens with zero attached hydrogens (tertiary/aromatic N) is 2. The van der Waals surface area contributed by atoms with Gasteiger partial charge in [-0.05, 0) is 44.0 Å². The number of anilines is 1. The third-order valence-electron chi connectivity index (χ3n) is 4.06. The van der Waals surface area contributed by atoms with Crippen molar-refractivity contribution in [3.05, 3.63) is 82.7 Å². The van der Waals surface area contributed by atoms with E-state index >= 15 is 0 Å². The van der Waals surface area contributed by atoms with Gasteiger partial charge in [0.2, 0.25) is 0 Å². The maximum atomic E-state index is 12.7. The van der Waals surface area contributed by atoms with Gasteiger partial charge < -0.3 is 5.32 Å². The molecule has 1 aromatic heterocycles. The first-order valence-electron chi connectivity index (χ1n) is 8.00. The van der Waals surface area contributed by atoms with Crippen LogP contribution in [0.25, 0.3) is 0 Å². The highest BCUT2D eigenvalue weighted by atomic mass is 16.1. The standard InChI is InChI=1S/C20H21N3O/c1-14-8-7-11-18(12-14)21-20(24)19-15(2)22-23(16(19)3)13-17-9-5-4-6-10-17/h4-12H,13H2,1-3H3,(H,21,24). The van der Waals surface area contributed by atoms with Crippen LogP contribution in [-0.4, -0.2) is 15.7 Å². The van der Waals surface area contributed by atoms with Gasteiger partial charge >= 0.3 is 0 Å². The number of carbonyl (C=O) groups excluding carboxylic acids is 1. The summed E-state index contributed by atoms with van der Waals surface area (Å²) in [6, 6.07) is 17.9. The summed E-state index contributed by atoms with van der Waals surface area (Å²) in [5, 5.41) is 7.51. The maximum Gasteiger partial charge on any atom is 0.259 e. The summed E-state index contributed by atoms with van der Waals surface area (Å²) in [5.41, 5.74) is 5.34. The summed E-state index contributed by atoms with van der Waals surface area (Å²) < 4.78 is 1.88.